The van der Waals surface area contributed by atoms with E-state index in [0.29, 0.717) is 32.2 Å². The van der Waals surface area contributed by atoms with Crippen molar-refractivity contribution in [3.63, 3.8) is 0 Å². The number of hydrogen-bond acceptors (Lipinski definition) is 3. The summed E-state index contributed by atoms with van der Waals surface area (Å²) in [7, 11) is 1.56. The summed E-state index contributed by atoms with van der Waals surface area (Å²) in [5.74, 6) is -1.31. The van der Waals surface area contributed by atoms with Gasteiger partial charge in [-0.1, -0.05) is 0 Å². The highest BCUT2D eigenvalue weighted by molar-refractivity contribution is 5.87. The van der Waals surface area contributed by atoms with Crippen molar-refractivity contribution >= 4 is 17.9 Å². The molecular weight excluding hydrogens is 262 g/mol. The third-order valence-electron chi connectivity index (χ3n) is 4.17. The van der Waals surface area contributed by atoms with Gasteiger partial charge in [-0.05, 0) is 32.1 Å². The molecule has 7 heteroatoms. The number of likely N-dealkylation sites (N-methyl/N-ethyl adjacent to an activating group) is 1. The van der Waals surface area contributed by atoms with Crippen LogP contribution in [0.5, 0.6) is 0 Å². The molecule has 3 N–H and O–H groups in total. The van der Waals surface area contributed by atoms with Crippen molar-refractivity contribution in [3.05, 3.63) is 0 Å². The lowest BCUT2D eigenvalue weighted by molar-refractivity contribution is -0.141. The number of carbonyl (C=O) groups is 3. The van der Waals surface area contributed by atoms with Crippen LogP contribution in [0.1, 0.15) is 32.1 Å². The molecule has 0 aromatic carbocycles. The fourth-order valence-corrected chi connectivity index (χ4v) is 3.04. The quantitative estimate of drug-likeness (QED) is 0.687. The second-order valence-electron chi connectivity index (χ2n) is 5.46. The molecule has 0 spiro atoms. The number of likely N-dealkylation sites (tertiary alicyclic amines) is 1. The SMILES string of the molecule is CNC(=O)C1CCCN1C(=O)NC1CCC(C(=O)O)C1. The number of carbonyl (C=O) groups excluding carboxylic acids is 2. The van der Waals surface area contributed by atoms with Crippen molar-refractivity contribution < 1.29 is 19.5 Å². The molecule has 20 heavy (non-hydrogen) atoms. The van der Waals surface area contributed by atoms with Gasteiger partial charge in [0, 0.05) is 19.6 Å². The molecule has 1 aliphatic heterocycles. The van der Waals surface area contributed by atoms with E-state index in [0.717, 1.165) is 6.42 Å². The number of aliphatic carboxylic acids is 1. The van der Waals surface area contributed by atoms with E-state index in [-0.39, 0.29) is 23.9 Å². The Labute approximate surface area is 117 Å². The minimum Gasteiger partial charge on any atom is -0.481 e. The van der Waals surface area contributed by atoms with Gasteiger partial charge in [0.05, 0.1) is 5.92 Å². The van der Waals surface area contributed by atoms with Crippen LogP contribution in [-0.2, 0) is 9.59 Å². The highest BCUT2D eigenvalue weighted by Gasteiger charge is 2.36. The summed E-state index contributed by atoms with van der Waals surface area (Å²) < 4.78 is 0. The molecule has 3 atom stereocenters. The van der Waals surface area contributed by atoms with E-state index in [1.54, 1.807) is 11.9 Å². The van der Waals surface area contributed by atoms with Crippen molar-refractivity contribution in [3.8, 4) is 0 Å². The highest BCUT2D eigenvalue weighted by atomic mass is 16.4. The van der Waals surface area contributed by atoms with Gasteiger partial charge in [0.1, 0.15) is 6.04 Å². The van der Waals surface area contributed by atoms with E-state index < -0.39 is 12.0 Å². The number of nitrogens with zero attached hydrogens (tertiary/aromatic N) is 1. The summed E-state index contributed by atoms with van der Waals surface area (Å²) in [5.41, 5.74) is 0. The summed E-state index contributed by atoms with van der Waals surface area (Å²) >= 11 is 0. The first-order chi connectivity index (χ1) is 9.52. The van der Waals surface area contributed by atoms with Gasteiger partial charge in [-0.15, -0.1) is 0 Å². The van der Waals surface area contributed by atoms with Crippen LogP contribution in [0, 0.1) is 5.92 Å². The Hall–Kier alpha value is -1.79. The molecule has 3 amide bonds. The van der Waals surface area contributed by atoms with Crippen LogP contribution >= 0.6 is 0 Å². The molecule has 7 nitrogen and oxygen atoms in total. The minimum atomic E-state index is -0.800. The first-order valence-electron chi connectivity index (χ1n) is 7.04. The fourth-order valence-electron chi connectivity index (χ4n) is 3.04. The third kappa shape index (κ3) is 3.02. The zero-order chi connectivity index (χ0) is 14.7. The molecule has 0 aromatic heterocycles. The normalized spacial score (nSPS) is 29.2. The number of carboxylic acid groups (broad SMARTS) is 1. The van der Waals surface area contributed by atoms with Gasteiger partial charge in [-0.3, -0.25) is 9.59 Å². The van der Waals surface area contributed by atoms with Crippen LogP contribution in [0.4, 0.5) is 4.79 Å². The maximum Gasteiger partial charge on any atom is 0.318 e. The van der Waals surface area contributed by atoms with Crippen LogP contribution in [0.15, 0.2) is 0 Å². The average molecular weight is 283 g/mol. The molecule has 0 aromatic rings. The van der Waals surface area contributed by atoms with Crippen LogP contribution in [0.2, 0.25) is 0 Å². The predicted molar refractivity (Wildman–Crippen MR) is 71.1 cm³/mol. The Morgan fingerprint density at radius 2 is 1.95 bits per heavy atom. The summed E-state index contributed by atoms with van der Waals surface area (Å²) in [5, 5.41) is 14.4. The summed E-state index contributed by atoms with van der Waals surface area (Å²) in [6.07, 6.45) is 3.24. The zero-order valence-electron chi connectivity index (χ0n) is 11.6. The van der Waals surface area contributed by atoms with Gasteiger partial charge in [0.15, 0.2) is 0 Å². The van der Waals surface area contributed by atoms with Gasteiger partial charge in [0.25, 0.3) is 0 Å². The monoisotopic (exact) mass is 283 g/mol. The summed E-state index contributed by atoms with van der Waals surface area (Å²) in [6, 6.07) is -0.765. The van der Waals surface area contributed by atoms with E-state index in [1.807, 2.05) is 0 Å². The van der Waals surface area contributed by atoms with Crippen molar-refractivity contribution in [2.75, 3.05) is 13.6 Å². The molecule has 2 aliphatic rings. The van der Waals surface area contributed by atoms with Crippen LogP contribution in [0.3, 0.4) is 0 Å². The predicted octanol–water partition coefficient (Wildman–Crippen LogP) is 0.160. The molecule has 112 valence electrons. The molecule has 2 fully saturated rings. The molecule has 2 rings (SSSR count). The van der Waals surface area contributed by atoms with Crippen molar-refractivity contribution in [2.24, 2.45) is 5.92 Å². The third-order valence-corrected chi connectivity index (χ3v) is 4.17. The Balaban J connectivity index is 1.89. The number of amides is 3. The summed E-state index contributed by atoms with van der Waals surface area (Å²) in [6.45, 7) is 0.568. The molecular formula is C13H21N3O4. The molecule has 1 saturated carbocycles. The first kappa shape index (κ1) is 14.6. The Morgan fingerprint density at radius 3 is 2.55 bits per heavy atom. The Morgan fingerprint density at radius 1 is 1.20 bits per heavy atom. The Kier molecular flexibility index (Phi) is 4.46. The van der Waals surface area contributed by atoms with Gasteiger partial charge in [0.2, 0.25) is 5.91 Å². The van der Waals surface area contributed by atoms with Gasteiger partial charge >= 0.3 is 12.0 Å². The topological polar surface area (TPSA) is 98.7 Å². The molecule has 3 unspecified atom stereocenters. The maximum absolute atomic E-state index is 12.2. The lowest BCUT2D eigenvalue weighted by Crippen LogP contribution is -2.50. The fraction of sp³-hybridized carbons (Fsp3) is 0.769. The number of rotatable bonds is 3. The maximum atomic E-state index is 12.2. The van der Waals surface area contributed by atoms with Crippen LogP contribution < -0.4 is 10.6 Å². The summed E-state index contributed by atoms with van der Waals surface area (Å²) in [4.78, 5) is 36.3. The average Bonchev–Trinajstić information content (AvgIpc) is 3.06. The smallest absolute Gasteiger partial charge is 0.318 e. The van der Waals surface area contributed by atoms with E-state index >= 15 is 0 Å². The molecule has 1 saturated heterocycles. The molecule has 0 bridgehead atoms. The molecule has 0 radical (unpaired) electrons. The number of carboxylic acids is 1. The van der Waals surface area contributed by atoms with E-state index in [1.165, 1.54) is 0 Å². The standard InChI is InChI=1S/C13H21N3O4/c1-14-11(17)10-3-2-6-16(10)13(20)15-9-5-4-8(7-9)12(18)19/h8-10H,2-7H2,1H3,(H,14,17)(H,15,20)(H,18,19). The van der Waals surface area contributed by atoms with Gasteiger partial charge in [-0.2, -0.15) is 0 Å². The number of hydrogen-bond donors (Lipinski definition) is 3. The number of urea groups is 1. The first-order valence-corrected chi connectivity index (χ1v) is 7.04. The lowest BCUT2D eigenvalue weighted by atomic mass is 10.1. The minimum absolute atomic E-state index is 0.102. The van der Waals surface area contributed by atoms with Crippen LogP contribution in [0.25, 0.3) is 0 Å². The van der Waals surface area contributed by atoms with Gasteiger partial charge < -0.3 is 20.6 Å². The van der Waals surface area contributed by atoms with Crippen molar-refractivity contribution in [1.29, 1.82) is 0 Å². The second-order valence-corrected chi connectivity index (χ2v) is 5.46. The number of nitrogens with one attached hydrogen (secondary N) is 2. The van der Waals surface area contributed by atoms with E-state index in [4.69, 9.17) is 5.11 Å². The zero-order valence-corrected chi connectivity index (χ0v) is 11.6. The van der Waals surface area contributed by atoms with Gasteiger partial charge in [-0.25, -0.2) is 4.79 Å². The molecule has 1 heterocycles. The second kappa shape index (κ2) is 6.11. The van der Waals surface area contributed by atoms with Crippen molar-refractivity contribution in [1.82, 2.24) is 15.5 Å². The largest absolute Gasteiger partial charge is 0.481 e. The molecule has 1 aliphatic carbocycles. The van der Waals surface area contributed by atoms with Crippen molar-refractivity contribution in [2.45, 2.75) is 44.2 Å². The lowest BCUT2D eigenvalue weighted by Gasteiger charge is -2.25. The van der Waals surface area contributed by atoms with E-state index in [9.17, 15) is 14.4 Å². The Bertz CT molecular complexity index is 412. The van der Waals surface area contributed by atoms with Crippen LogP contribution in [-0.4, -0.2) is 53.6 Å². The highest BCUT2D eigenvalue weighted by Crippen LogP contribution is 2.26. The van der Waals surface area contributed by atoms with E-state index in [2.05, 4.69) is 10.6 Å².